The molecule has 0 saturated carbocycles. The number of aromatic nitrogens is 2. The standard InChI is InChI=1S/C18H20N4O/c1-22(2)18-14(7-5-11-19-18)12-20-16-10-9-13-6-4-8-15(23-3)17(13)21-16/h4-11H,12H2,1-3H3,(H,20,21). The van der Waals surface area contributed by atoms with E-state index in [4.69, 9.17) is 4.74 Å². The molecule has 0 saturated heterocycles. The number of ether oxygens (including phenoxy) is 1. The summed E-state index contributed by atoms with van der Waals surface area (Å²) >= 11 is 0. The molecule has 0 aliphatic carbocycles. The van der Waals surface area contributed by atoms with Gasteiger partial charge in [0.25, 0.3) is 0 Å². The summed E-state index contributed by atoms with van der Waals surface area (Å²) in [5.74, 6) is 2.55. The number of para-hydroxylation sites is 1. The molecule has 0 radical (unpaired) electrons. The van der Waals surface area contributed by atoms with Crippen molar-refractivity contribution in [3.63, 3.8) is 0 Å². The third kappa shape index (κ3) is 3.18. The van der Waals surface area contributed by atoms with Crippen LogP contribution in [0.25, 0.3) is 10.9 Å². The summed E-state index contributed by atoms with van der Waals surface area (Å²) in [6.07, 6.45) is 1.80. The van der Waals surface area contributed by atoms with Crippen molar-refractivity contribution in [3.05, 3.63) is 54.2 Å². The minimum atomic E-state index is 0.662. The Kier molecular flexibility index (Phi) is 4.28. The Hall–Kier alpha value is -2.82. The predicted octanol–water partition coefficient (Wildman–Crippen LogP) is 3.32. The number of nitrogens with zero attached hydrogens (tertiary/aromatic N) is 3. The highest BCUT2D eigenvalue weighted by Crippen LogP contribution is 2.25. The molecule has 23 heavy (non-hydrogen) atoms. The van der Waals surface area contributed by atoms with Crippen LogP contribution in [0.1, 0.15) is 5.56 Å². The van der Waals surface area contributed by atoms with Crippen molar-refractivity contribution in [2.75, 3.05) is 31.4 Å². The van der Waals surface area contributed by atoms with Crippen molar-refractivity contribution in [1.29, 1.82) is 0 Å². The Morgan fingerprint density at radius 2 is 1.96 bits per heavy atom. The van der Waals surface area contributed by atoms with E-state index in [1.807, 2.05) is 55.4 Å². The number of pyridine rings is 2. The maximum absolute atomic E-state index is 5.39. The molecule has 118 valence electrons. The molecule has 0 unspecified atom stereocenters. The molecule has 0 atom stereocenters. The van der Waals surface area contributed by atoms with Crippen molar-refractivity contribution in [2.45, 2.75) is 6.54 Å². The summed E-state index contributed by atoms with van der Waals surface area (Å²) in [6.45, 7) is 0.662. The van der Waals surface area contributed by atoms with Crippen LogP contribution in [0.15, 0.2) is 48.7 Å². The highest BCUT2D eigenvalue weighted by atomic mass is 16.5. The second kappa shape index (κ2) is 6.52. The van der Waals surface area contributed by atoms with Gasteiger partial charge in [0.05, 0.1) is 7.11 Å². The summed E-state index contributed by atoms with van der Waals surface area (Å²) < 4.78 is 5.39. The van der Waals surface area contributed by atoms with E-state index in [0.29, 0.717) is 6.54 Å². The Balaban J connectivity index is 1.85. The average molecular weight is 308 g/mol. The minimum absolute atomic E-state index is 0.662. The van der Waals surface area contributed by atoms with Crippen LogP contribution in [0.3, 0.4) is 0 Å². The van der Waals surface area contributed by atoms with Gasteiger partial charge in [0.15, 0.2) is 0 Å². The van der Waals surface area contributed by atoms with E-state index in [0.717, 1.165) is 33.9 Å². The van der Waals surface area contributed by atoms with Crippen molar-refractivity contribution in [2.24, 2.45) is 0 Å². The van der Waals surface area contributed by atoms with Gasteiger partial charge in [-0.15, -0.1) is 0 Å². The molecule has 0 bridgehead atoms. The SMILES string of the molecule is COc1cccc2ccc(NCc3cccnc3N(C)C)nc12. The van der Waals surface area contributed by atoms with Gasteiger partial charge in [-0.05, 0) is 24.3 Å². The van der Waals surface area contributed by atoms with E-state index in [1.165, 1.54) is 0 Å². The monoisotopic (exact) mass is 308 g/mol. The van der Waals surface area contributed by atoms with Gasteiger partial charge < -0.3 is 15.0 Å². The topological polar surface area (TPSA) is 50.3 Å². The number of hydrogen-bond acceptors (Lipinski definition) is 5. The first kappa shape index (κ1) is 15.1. The molecule has 5 heteroatoms. The van der Waals surface area contributed by atoms with Gasteiger partial charge >= 0.3 is 0 Å². The van der Waals surface area contributed by atoms with Crippen molar-refractivity contribution in [1.82, 2.24) is 9.97 Å². The van der Waals surface area contributed by atoms with Crippen LogP contribution in [0.2, 0.25) is 0 Å². The molecular formula is C18H20N4O. The van der Waals surface area contributed by atoms with Crippen LogP contribution in [-0.2, 0) is 6.54 Å². The van der Waals surface area contributed by atoms with E-state index < -0.39 is 0 Å². The number of anilines is 2. The van der Waals surface area contributed by atoms with Crippen LogP contribution in [-0.4, -0.2) is 31.2 Å². The molecule has 3 aromatic rings. The molecule has 2 aromatic heterocycles. The maximum atomic E-state index is 5.39. The zero-order chi connectivity index (χ0) is 16.2. The third-order valence-corrected chi connectivity index (χ3v) is 3.65. The predicted molar refractivity (Wildman–Crippen MR) is 94.2 cm³/mol. The number of hydrogen-bond donors (Lipinski definition) is 1. The Bertz CT molecular complexity index is 817. The van der Waals surface area contributed by atoms with Gasteiger partial charge in [-0.3, -0.25) is 0 Å². The van der Waals surface area contributed by atoms with Gasteiger partial charge in [0.2, 0.25) is 0 Å². The second-order valence-electron chi connectivity index (χ2n) is 5.46. The van der Waals surface area contributed by atoms with Gasteiger partial charge in [0, 0.05) is 37.8 Å². The normalized spacial score (nSPS) is 10.6. The number of nitrogens with one attached hydrogen (secondary N) is 1. The largest absolute Gasteiger partial charge is 0.494 e. The lowest BCUT2D eigenvalue weighted by molar-refractivity contribution is 0.419. The second-order valence-corrected chi connectivity index (χ2v) is 5.46. The van der Waals surface area contributed by atoms with E-state index in [2.05, 4.69) is 21.4 Å². The summed E-state index contributed by atoms with van der Waals surface area (Å²) in [7, 11) is 5.64. The van der Waals surface area contributed by atoms with Crippen LogP contribution < -0.4 is 15.0 Å². The highest BCUT2D eigenvalue weighted by Gasteiger charge is 2.07. The molecule has 0 spiro atoms. The number of methoxy groups -OCH3 is 1. The first-order valence-corrected chi connectivity index (χ1v) is 7.48. The summed E-state index contributed by atoms with van der Waals surface area (Å²) in [5, 5.41) is 4.43. The Morgan fingerprint density at radius 1 is 1.09 bits per heavy atom. The lowest BCUT2D eigenvalue weighted by Crippen LogP contribution is -2.14. The molecule has 5 nitrogen and oxygen atoms in total. The molecule has 1 aromatic carbocycles. The molecule has 0 fully saturated rings. The van der Waals surface area contributed by atoms with Gasteiger partial charge in [0.1, 0.15) is 22.9 Å². The summed E-state index contributed by atoms with van der Waals surface area (Å²) in [4.78, 5) is 11.1. The van der Waals surface area contributed by atoms with Crippen LogP contribution in [0.5, 0.6) is 5.75 Å². The lowest BCUT2D eigenvalue weighted by Gasteiger charge is -2.16. The average Bonchev–Trinajstić information content (AvgIpc) is 2.59. The number of rotatable bonds is 5. The van der Waals surface area contributed by atoms with Gasteiger partial charge in [-0.1, -0.05) is 18.2 Å². The first-order valence-electron chi connectivity index (χ1n) is 7.48. The Morgan fingerprint density at radius 3 is 2.74 bits per heavy atom. The molecule has 0 amide bonds. The van der Waals surface area contributed by atoms with Crippen molar-refractivity contribution in [3.8, 4) is 5.75 Å². The van der Waals surface area contributed by atoms with E-state index in [-0.39, 0.29) is 0 Å². The maximum Gasteiger partial charge on any atom is 0.145 e. The van der Waals surface area contributed by atoms with E-state index >= 15 is 0 Å². The van der Waals surface area contributed by atoms with Crippen LogP contribution in [0, 0.1) is 0 Å². The van der Waals surface area contributed by atoms with Gasteiger partial charge in [-0.2, -0.15) is 0 Å². The van der Waals surface area contributed by atoms with Gasteiger partial charge in [-0.25, -0.2) is 9.97 Å². The fourth-order valence-electron chi connectivity index (χ4n) is 2.54. The fourth-order valence-corrected chi connectivity index (χ4v) is 2.54. The number of benzene rings is 1. The van der Waals surface area contributed by atoms with E-state index in [9.17, 15) is 0 Å². The lowest BCUT2D eigenvalue weighted by atomic mass is 10.2. The smallest absolute Gasteiger partial charge is 0.145 e. The third-order valence-electron chi connectivity index (χ3n) is 3.65. The van der Waals surface area contributed by atoms with Crippen LogP contribution in [0.4, 0.5) is 11.6 Å². The van der Waals surface area contributed by atoms with Crippen molar-refractivity contribution < 1.29 is 4.74 Å². The first-order chi connectivity index (χ1) is 11.2. The zero-order valence-corrected chi connectivity index (χ0v) is 13.6. The molecule has 0 aliphatic heterocycles. The molecule has 3 rings (SSSR count). The highest BCUT2D eigenvalue weighted by molar-refractivity contribution is 5.85. The summed E-state index contributed by atoms with van der Waals surface area (Å²) in [5.41, 5.74) is 1.98. The minimum Gasteiger partial charge on any atom is -0.494 e. The Labute approximate surface area is 135 Å². The van der Waals surface area contributed by atoms with Crippen LogP contribution >= 0.6 is 0 Å². The van der Waals surface area contributed by atoms with E-state index in [1.54, 1.807) is 13.3 Å². The number of fused-ring (bicyclic) bond motifs is 1. The molecule has 2 heterocycles. The molecular weight excluding hydrogens is 288 g/mol. The fraction of sp³-hybridized carbons (Fsp3) is 0.222. The zero-order valence-electron chi connectivity index (χ0n) is 13.6. The molecule has 1 N–H and O–H groups in total. The quantitative estimate of drug-likeness (QED) is 0.783. The molecule has 0 aliphatic rings. The van der Waals surface area contributed by atoms with Crippen molar-refractivity contribution >= 4 is 22.5 Å². The summed E-state index contributed by atoms with van der Waals surface area (Å²) in [6, 6.07) is 14.0.